The van der Waals surface area contributed by atoms with Crippen molar-refractivity contribution < 1.29 is 9.90 Å². The minimum atomic E-state index is 0.0212. The first-order valence-electron chi connectivity index (χ1n) is 6.61. The van der Waals surface area contributed by atoms with Crippen molar-refractivity contribution in [2.45, 2.75) is 25.3 Å². The van der Waals surface area contributed by atoms with Crippen LogP contribution in [0.25, 0.3) is 5.65 Å². The number of amides is 1. The predicted octanol–water partition coefficient (Wildman–Crippen LogP) is 0.860. The van der Waals surface area contributed by atoms with Crippen molar-refractivity contribution in [1.29, 1.82) is 0 Å². The Morgan fingerprint density at radius 3 is 3.00 bits per heavy atom. The van der Waals surface area contributed by atoms with E-state index in [1.54, 1.807) is 4.90 Å². The molecule has 0 saturated heterocycles. The summed E-state index contributed by atoms with van der Waals surface area (Å²) in [5.74, 6) is 0.0555. The van der Waals surface area contributed by atoms with E-state index in [-0.39, 0.29) is 12.5 Å². The normalized spacial score (nSPS) is 14.8. The molecule has 2 aromatic rings. The highest BCUT2D eigenvalue weighted by molar-refractivity contribution is 5.79. The Balaban J connectivity index is 1.74. The molecule has 1 aliphatic rings. The zero-order valence-electron chi connectivity index (χ0n) is 10.7. The third kappa shape index (κ3) is 2.61. The second kappa shape index (κ2) is 5.01. The Labute approximate surface area is 111 Å². The highest BCUT2D eigenvalue weighted by Crippen LogP contribution is 2.27. The molecular formula is C14H17N3O2. The standard InChI is InChI=1S/C14H17N3O2/c18-8-7-17(12-4-5-12)14(19)9-11-10-16-6-2-1-3-13(16)15-11/h1-3,6,10,12,18H,4-5,7-9H2. The van der Waals surface area contributed by atoms with Crippen LogP contribution in [0.5, 0.6) is 0 Å². The lowest BCUT2D eigenvalue weighted by Crippen LogP contribution is -2.36. The van der Waals surface area contributed by atoms with Gasteiger partial charge in [-0.25, -0.2) is 4.98 Å². The molecule has 0 aromatic carbocycles. The Bertz CT molecular complexity index is 556. The molecule has 2 aromatic heterocycles. The SMILES string of the molecule is O=C(Cc1cn2ccccc2n1)N(CCO)C1CC1. The first-order chi connectivity index (χ1) is 9.28. The number of aliphatic hydroxyl groups excluding tert-OH is 1. The number of hydrogen-bond donors (Lipinski definition) is 1. The van der Waals surface area contributed by atoms with E-state index in [4.69, 9.17) is 5.11 Å². The largest absolute Gasteiger partial charge is 0.395 e. The van der Waals surface area contributed by atoms with Gasteiger partial charge in [-0.2, -0.15) is 0 Å². The summed E-state index contributed by atoms with van der Waals surface area (Å²) in [7, 11) is 0. The molecule has 3 rings (SSSR count). The molecule has 0 unspecified atom stereocenters. The summed E-state index contributed by atoms with van der Waals surface area (Å²) in [6.45, 7) is 0.449. The topological polar surface area (TPSA) is 57.8 Å². The van der Waals surface area contributed by atoms with Crippen LogP contribution in [-0.2, 0) is 11.2 Å². The third-order valence-electron chi connectivity index (χ3n) is 3.40. The molecule has 1 amide bonds. The van der Waals surface area contributed by atoms with Gasteiger partial charge in [-0.3, -0.25) is 4.79 Å². The van der Waals surface area contributed by atoms with Crippen molar-refractivity contribution in [3.8, 4) is 0 Å². The van der Waals surface area contributed by atoms with Crippen LogP contribution in [0.15, 0.2) is 30.6 Å². The Morgan fingerprint density at radius 1 is 1.47 bits per heavy atom. The summed E-state index contributed by atoms with van der Waals surface area (Å²) in [4.78, 5) is 18.4. The van der Waals surface area contributed by atoms with E-state index in [2.05, 4.69) is 4.98 Å². The number of aliphatic hydroxyl groups is 1. The van der Waals surface area contributed by atoms with Crippen LogP contribution < -0.4 is 0 Å². The maximum absolute atomic E-state index is 12.2. The molecular weight excluding hydrogens is 242 g/mol. The molecule has 100 valence electrons. The highest BCUT2D eigenvalue weighted by atomic mass is 16.3. The van der Waals surface area contributed by atoms with Gasteiger partial charge in [0.05, 0.1) is 18.7 Å². The Hall–Kier alpha value is -1.88. The maximum Gasteiger partial charge on any atom is 0.228 e. The fraction of sp³-hybridized carbons (Fsp3) is 0.429. The number of imidazole rings is 1. The molecule has 0 aliphatic heterocycles. The lowest BCUT2D eigenvalue weighted by molar-refractivity contribution is -0.131. The summed E-state index contributed by atoms with van der Waals surface area (Å²) in [6.07, 6.45) is 6.21. The number of nitrogens with zero attached hydrogens (tertiary/aromatic N) is 3. The molecule has 5 heteroatoms. The fourth-order valence-electron chi connectivity index (χ4n) is 2.33. The summed E-state index contributed by atoms with van der Waals surface area (Å²) in [5.41, 5.74) is 1.63. The number of aromatic nitrogens is 2. The number of hydrogen-bond acceptors (Lipinski definition) is 3. The first-order valence-corrected chi connectivity index (χ1v) is 6.61. The van der Waals surface area contributed by atoms with Gasteiger partial charge in [0.25, 0.3) is 0 Å². The third-order valence-corrected chi connectivity index (χ3v) is 3.40. The van der Waals surface area contributed by atoms with Crippen LogP contribution in [0.3, 0.4) is 0 Å². The van der Waals surface area contributed by atoms with E-state index >= 15 is 0 Å². The number of rotatable bonds is 5. The van der Waals surface area contributed by atoms with Crippen LogP contribution in [0.2, 0.25) is 0 Å². The van der Waals surface area contributed by atoms with Crippen molar-refractivity contribution >= 4 is 11.6 Å². The highest BCUT2D eigenvalue weighted by Gasteiger charge is 2.32. The lowest BCUT2D eigenvalue weighted by atomic mass is 10.3. The van der Waals surface area contributed by atoms with E-state index in [1.807, 2.05) is 35.0 Å². The average molecular weight is 259 g/mol. The Morgan fingerprint density at radius 2 is 2.32 bits per heavy atom. The molecule has 0 radical (unpaired) electrons. The minimum Gasteiger partial charge on any atom is -0.395 e. The number of pyridine rings is 1. The monoisotopic (exact) mass is 259 g/mol. The van der Waals surface area contributed by atoms with Gasteiger partial charge >= 0.3 is 0 Å². The van der Waals surface area contributed by atoms with Crippen LogP contribution in [0.4, 0.5) is 0 Å². The zero-order valence-corrected chi connectivity index (χ0v) is 10.7. The maximum atomic E-state index is 12.2. The van der Waals surface area contributed by atoms with Crippen LogP contribution in [-0.4, -0.2) is 44.5 Å². The summed E-state index contributed by atoms with van der Waals surface area (Å²) in [5, 5.41) is 9.03. The van der Waals surface area contributed by atoms with E-state index in [9.17, 15) is 4.79 Å². The smallest absolute Gasteiger partial charge is 0.228 e. The van der Waals surface area contributed by atoms with E-state index in [0.29, 0.717) is 19.0 Å². The number of carbonyl (C=O) groups is 1. The molecule has 1 fully saturated rings. The van der Waals surface area contributed by atoms with Crippen molar-refractivity contribution in [2.24, 2.45) is 0 Å². The van der Waals surface area contributed by atoms with E-state index in [1.165, 1.54) is 0 Å². The van der Waals surface area contributed by atoms with Gasteiger partial charge in [-0.05, 0) is 25.0 Å². The molecule has 0 atom stereocenters. The van der Waals surface area contributed by atoms with E-state index < -0.39 is 0 Å². The first kappa shape index (κ1) is 12.2. The second-order valence-electron chi connectivity index (χ2n) is 4.92. The van der Waals surface area contributed by atoms with Crippen LogP contribution >= 0.6 is 0 Å². The van der Waals surface area contributed by atoms with Crippen LogP contribution in [0, 0.1) is 0 Å². The molecule has 2 heterocycles. The Kier molecular flexibility index (Phi) is 3.21. The van der Waals surface area contributed by atoms with Crippen molar-refractivity contribution in [3.63, 3.8) is 0 Å². The van der Waals surface area contributed by atoms with Gasteiger partial charge in [0.2, 0.25) is 5.91 Å². The van der Waals surface area contributed by atoms with Crippen molar-refractivity contribution in [1.82, 2.24) is 14.3 Å². The van der Waals surface area contributed by atoms with Gasteiger partial charge in [0.15, 0.2) is 0 Å². The van der Waals surface area contributed by atoms with Gasteiger partial charge in [-0.15, -0.1) is 0 Å². The molecule has 19 heavy (non-hydrogen) atoms. The lowest BCUT2D eigenvalue weighted by Gasteiger charge is -2.20. The predicted molar refractivity (Wildman–Crippen MR) is 70.7 cm³/mol. The number of fused-ring (bicyclic) bond motifs is 1. The van der Waals surface area contributed by atoms with Crippen molar-refractivity contribution in [3.05, 3.63) is 36.3 Å². The van der Waals surface area contributed by atoms with E-state index in [0.717, 1.165) is 24.2 Å². The quantitative estimate of drug-likeness (QED) is 0.866. The van der Waals surface area contributed by atoms with Crippen LogP contribution in [0.1, 0.15) is 18.5 Å². The zero-order chi connectivity index (χ0) is 13.2. The number of carbonyl (C=O) groups excluding carboxylic acids is 1. The molecule has 1 N–H and O–H groups in total. The fourth-order valence-corrected chi connectivity index (χ4v) is 2.33. The summed E-state index contributed by atoms with van der Waals surface area (Å²) < 4.78 is 1.91. The second-order valence-corrected chi connectivity index (χ2v) is 4.92. The summed E-state index contributed by atoms with van der Waals surface area (Å²) in [6, 6.07) is 6.11. The van der Waals surface area contributed by atoms with Gasteiger partial charge in [-0.1, -0.05) is 6.07 Å². The molecule has 1 saturated carbocycles. The van der Waals surface area contributed by atoms with Crippen molar-refractivity contribution in [2.75, 3.05) is 13.2 Å². The molecule has 5 nitrogen and oxygen atoms in total. The molecule has 1 aliphatic carbocycles. The van der Waals surface area contributed by atoms with Gasteiger partial charge < -0.3 is 14.4 Å². The molecule has 0 spiro atoms. The summed E-state index contributed by atoms with van der Waals surface area (Å²) >= 11 is 0. The average Bonchev–Trinajstić information content (AvgIpc) is 3.15. The minimum absolute atomic E-state index is 0.0212. The van der Waals surface area contributed by atoms with Gasteiger partial charge in [0.1, 0.15) is 5.65 Å². The van der Waals surface area contributed by atoms with Gasteiger partial charge in [0, 0.05) is 25.0 Å². The molecule has 0 bridgehead atoms.